The third kappa shape index (κ3) is 2.75. The number of rotatable bonds is 4. The highest BCUT2D eigenvalue weighted by Gasteiger charge is 2.32. The van der Waals surface area contributed by atoms with Crippen LogP contribution >= 0.6 is 0 Å². The zero-order valence-electron chi connectivity index (χ0n) is 11.5. The van der Waals surface area contributed by atoms with Crippen LogP contribution in [0.5, 0.6) is 0 Å². The Kier molecular flexibility index (Phi) is 3.83. The molecular formula is C13H21N3O3S. The quantitative estimate of drug-likeness (QED) is 0.819. The average molecular weight is 299 g/mol. The molecule has 7 heteroatoms. The van der Waals surface area contributed by atoms with Crippen LogP contribution in [-0.4, -0.2) is 47.5 Å². The maximum absolute atomic E-state index is 11.5. The summed E-state index contributed by atoms with van der Waals surface area (Å²) in [5.74, 6) is 0.553. The predicted molar refractivity (Wildman–Crippen MR) is 75.2 cm³/mol. The number of hydrogen-bond donors (Lipinski definition) is 2. The number of aromatic nitrogens is 2. The molecule has 1 aliphatic carbocycles. The average Bonchev–Trinajstić information content (AvgIpc) is 2.95. The molecule has 3 rings (SSSR count). The molecule has 20 heavy (non-hydrogen) atoms. The van der Waals surface area contributed by atoms with E-state index in [2.05, 4.69) is 10.4 Å². The fourth-order valence-corrected chi connectivity index (χ4v) is 4.98. The van der Waals surface area contributed by atoms with Gasteiger partial charge < -0.3 is 10.4 Å². The second-order valence-electron chi connectivity index (χ2n) is 5.70. The van der Waals surface area contributed by atoms with Gasteiger partial charge >= 0.3 is 0 Å². The van der Waals surface area contributed by atoms with Gasteiger partial charge in [0.15, 0.2) is 9.84 Å². The van der Waals surface area contributed by atoms with Crippen LogP contribution < -0.4 is 5.32 Å². The van der Waals surface area contributed by atoms with E-state index in [-0.39, 0.29) is 24.4 Å². The molecule has 1 aromatic heterocycles. The molecule has 0 saturated carbocycles. The number of sulfone groups is 1. The molecule has 0 bridgehead atoms. The van der Waals surface area contributed by atoms with Crippen molar-refractivity contribution in [3.63, 3.8) is 0 Å². The highest BCUT2D eigenvalue weighted by atomic mass is 32.2. The Balaban J connectivity index is 1.74. The molecule has 1 fully saturated rings. The summed E-state index contributed by atoms with van der Waals surface area (Å²) in [7, 11) is -2.84. The van der Waals surface area contributed by atoms with Crippen molar-refractivity contribution in [3.8, 4) is 0 Å². The van der Waals surface area contributed by atoms with Gasteiger partial charge in [-0.05, 0) is 25.7 Å². The summed E-state index contributed by atoms with van der Waals surface area (Å²) >= 11 is 0. The van der Waals surface area contributed by atoms with Crippen molar-refractivity contribution >= 4 is 9.84 Å². The van der Waals surface area contributed by atoms with E-state index in [1.54, 1.807) is 0 Å². The van der Waals surface area contributed by atoms with Crippen LogP contribution in [0.15, 0.2) is 6.20 Å². The summed E-state index contributed by atoms with van der Waals surface area (Å²) in [4.78, 5) is 0. The van der Waals surface area contributed by atoms with Crippen LogP contribution in [-0.2, 0) is 22.8 Å². The van der Waals surface area contributed by atoms with Gasteiger partial charge in [-0.25, -0.2) is 8.42 Å². The number of aliphatic hydroxyl groups is 1. The molecule has 2 aliphatic rings. The van der Waals surface area contributed by atoms with Crippen molar-refractivity contribution in [2.45, 2.75) is 44.3 Å². The molecule has 0 aromatic carbocycles. The second-order valence-corrected chi connectivity index (χ2v) is 7.93. The Bertz CT molecular complexity index is 582. The normalized spacial score (nSPS) is 28.4. The zero-order valence-corrected chi connectivity index (χ0v) is 12.3. The monoisotopic (exact) mass is 299 g/mol. The number of hydrogen-bond acceptors (Lipinski definition) is 5. The maximum Gasteiger partial charge on any atom is 0.151 e. The summed E-state index contributed by atoms with van der Waals surface area (Å²) in [6, 6.07) is 0.265. The molecule has 2 N–H and O–H groups in total. The first-order chi connectivity index (χ1) is 9.59. The van der Waals surface area contributed by atoms with Gasteiger partial charge in [0.2, 0.25) is 0 Å². The van der Waals surface area contributed by atoms with Gasteiger partial charge in [0, 0.05) is 23.3 Å². The van der Waals surface area contributed by atoms with Crippen LogP contribution in [0.4, 0.5) is 0 Å². The number of aliphatic hydroxyl groups excluding tert-OH is 1. The Morgan fingerprint density at radius 1 is 1.45 bits per heavy atom. The highest BCUT2D eigenvalue weighted by molar-refractivity contribution is 7.91. The molecule has 1 saturated heterocycles. The lowest BCUT2D eigenvalue weighted by Gasteiger charge is -2.26. The summed E-state index contributed by atoms with van der Waals surface area (Å²) in [6.07, 6.45) is 5.65. The van der Waals surface area contributed by atoms with Crippen molar-refractivity contribution in [1.29, 1.82) is 0 Å². The molecule has 2 heterocycles. The molecule has 0 amide bonds. The van der Waals surface area contributed by atoms with Gasteiger partial charge in [-0.15, -0.1) is 0 Å². The molecule has 2 atom stereocenters. The van der Waals surface area contributed by atoms with Gasteiger partial charge in [-0.2, -0.15) is 5.10 Å². The summed E-state index contributed by atoms with van der Waals surface area (Å²) in [5.41, 5.74) is 2.36. The van der Waals surface area contributed by atoms with Crippen molar-refractivity contribution in [2.75, 3.05) is 18.1 Å². The van der Waals surface area contributed by atoms with E-state index in [0.717, 1.165) is 19.3 Å². The third-order valence-corrected chi connectivity index (χ3v) is 6.01. The minimum Gasteiger partial charge on any atom is -0.394 e. The molecule has 2 unspecified atom stereocenters. The SMILES string of the molecule is O=S1(=O)CCC(NC2CCCc3c2cnn3CCO)C1. The standard InChI is InChI=1S/C13H21N3O3S/c17-6-5-16-13-3-1-2-12(11(13)8-14-16)15-10-4-7-20(18,19)9-10/h8,10,12,15,17H,1-7,9H2. The van der Waals surface area contributed by atoms with Crippen LogP contribution in [0.1, 0.15) is 36.6 Å². The van der Waals surface area contributed by atoms with Crippen LogP contribution in [0, 0.1) is 0 Å². The van der Waals surface area contributed by atoms with Crippen LogP contribution in [0.25, 0.3) is 0 Å². The first kappa shape index (κ1) is 14.0. The van der Waals surface area contributed by atoms with E-state index in [9.17, 15) is 8.42 Å². The molecule has 0 spiro atoms. The van der Waals surface area contributed by atoms with Gasteiger partial charge in [0.1, 0.15) is 0 Å². The van der Waals surface area contributed by atoms with Gasteiger partial charge in [-0.1, -0.05) is 0 Å². The Labute approximate surface area is 119 Å². The second kappa shape index (κ2) is 5.46. The lowest BCUT2D eigenvalue weighted by atomic mass is 9.92. The van der Waals surface area contributed by atoms with Crippen molar-refractivity contribution in [2.24, 2.45) is 0 Å². The first-order valence-electron chi connectivity index (χ1n) is 7.21. The van der Waals surface area contributed by atoms with E-state index >= 15 is 0 Å². The van der Waals surface area contributed by atoms with E-state index in [1.807, 2.05) is 10.9 Å². The topological polar surface area (TPSA) is 84.2 Å². The van der Waals surface area contributed by atoms with Crippen LogP contribution in [0.3, 0.4) is 0 Å². The molecule has 112 valence electrons. The Morgan fingerprint density at radius 3 is 3.00 bits per heavy atom. The van der Waals surface area contributed by atoms with E-state index in [4.69, 9.17) is 5.11 Å². The van der Waals surface area contributed by atoms with Gasteiger partial charge in [0.25, 0.3) is 0 Å². The number of nitrogens with zero attached hydrogens (tertiary/aromatic N) is 2. The molecule has 1 aliphatic heterocycles. The van der Waals surface area contributed by atoms with Gasteiger partial charge in [0.05, 0.1) is 30.9 Å². The first-order valence-corrected chi connectivity index (χ1v) is 9.03. The van der Waals surface area contributed by atoms with E-state index < -0.39 is 9.84 Å². The highest BCUT2D eigenvalue weighted by Crippen LogP contribution is 2.30. The Hall–Kier alpha value is -0.920. The number of fused-ring (bicyclic) bond motifs is 1. The van der Waals surface area contributed by atoms with Crippen LogP contribution in [0.2, 0.25) is 0 Å². The summed E-state index contributed by atoms with van der Waals surface area (Å²) in [6.45, 7) is 0.618. The molecular weight excluding hydrogens is 278 g/mol. The smallest absolute Gasteiger partial charge is 0.151 e. The third-order valence-electron chi connectivity index (χ3n) is 4.24. The largest absolute Gasteiger partial charge is 0.394 e. The fourth-order valence-electron chi connectivity index (χ4n) is 3.29. The lowest BCUT2D eigenvalue weighted by Crippen LogP contribution is -2.35. The maximum atomic E-state index is 11.5. The van der Waals surface area contributed by atoms with Crippen molar-refractivity contribution < 1.29 is 13.5 Å². The van der Waals surface area contributed by atoms with E-state index in [0.29, 0.717) is 18.7 Å². The molecule has 1 aromatic rings. The molecule has 6 nitrogen and oxygen atoms in total. The summed E-state index contributed by atoms with van der Waals surface area (Å²) < 4.78 is 24.9. The molecule has 0 radical (unpaired) electrons. The zero-order chi connectivity index (χ0) is 14.2. The van der Waals surface area contributed by atoms with Gasteiger partial charge in [-0.3, -0.25) is 4.68 Å². The van der Waals surface area contributed by atoms with E-state index in [1.165, 1.54) is 11.3 Å². The predicted octanol–water partition coefficient (Wildman–Crippen LogP) is 0.0295. The van der Waals surface area contributed by atoms with Crippen molar-refractivity contribution in [3.05, 3.63) is 17.5 Å². The Morgan fingerprint density at radius 2 is 2.30 bits per heavy atom. The number of nitrogens with one attached hydrogen (secondary N) is 1. The fraction of sp³-hybridized carbons (Fsp3) is 0.769. The lowest BCUT2D eigenvalue weighted by molar-refractivity contribution is 0.266. The minimum atomic E-state index is -2.84. The van der Waals surface area contributed by atoms with Crippen molar-refractivity contribution in [1.82, 2.24) is 15.1 Å². The minimum absolute atomic E-state index is 0.0668. The summed E-state index contributed by atoms with van der Waals surface area (Å²) in [5, 5.41) is 16.9.